The van der Waals surface area contributed by atoms with Crippen LogP contribution in [0.15, 0.2) is 36.4 Å². The summed E-state index contributed by atoms with van der Waals surface area (Å²) in [6.45, 7) is 2.53. The molecule has 0 bridgehead atoms. The van der Waals surface area contributed by atoms with Gasteiger partial charge < -0.3 is 9.80 Å². The fourth-order valence-corrected chi connectivity index (χ4v) is 3.44. The average molecular weight is 347 g/mol. The molecule has 3 rings (SSSR count). The molecule has 2 aliphatic rings. The molecular formula is C19H23ClN2O2. The quantitative estimate of drug-likeness (QED) is 0.786. The van der Waals surface area contributed by atoms with Gasteiger partial charge in [0.1, 0.15) is 0 Å². The van der Waals surface area contributed by atoms with Gasteiger partial charge >= 0.3 is 0 Å². The Bertz CT molecular complexity index is 619. The topological polar surface area (TPSA) is 40.6 Å². The second-order valence-electron chi connectivity index (χ2n) is 6.53. The Labute approximate surface area is 148 Å². The molecule has 2 amide bonds. The van der Waals surface area contributed by atoms with Crippen molar-refractivity contribution >= 4 is 23.4 Å². The largest absolute Gasteiger partial charge is 0.339 e. The number of halogens is 1. The highest BCUT2D eigenvalue weighted by Gasteiger charge is 2.25. The summed E-state index contributed by atoms with van der Waals surface area (Å²) in [7, 11) is 0. The van der Waals surface area contributed by atoms with Crippen molar-refractivity contribution in [3.63, 3.8) is 0 Å². The molecular weight excluding hydrogens is 324 g/mol. The van der Waals surface area contributed by atoms with Crippen LogP contribution >= 0.6 is 11.6 Å². The summed E-state index contributed by atoms with van der Waals surface area (Å²) in [4.78, 5) is 28.5. The SMILES string of the molecule is O=C(Cc1ccc(Cl)cc1)N1CCN(C(=O)CC2C=CCC2)CC1. The monoisotopic (exact) mass is 346 g/mol. The lowest BCUT2D eigenvalue weighted by Crippen LogP contribution is -2.51. The maximum Gasteiger partial charge on any atom is 0.227 e. The zero-order chi connectivity index (χ0) is 16.9. The Morgan fingerprint density at radius 3 is 2.21 bits per heavy atom. The minimum atomic E-state index is 0.114. The van der Waals surface area contributed by atoms with Crippen molar-refractivity contribution in [2.75, 3.05) is 26.2 Å². The van der Waals surface area contributed by atoms with Gasteiger partial charge in [-0.15, -0.1) is 0 Å². The normalized spacial score (nSPS) is 20.5. The van der Waals surface area contributed by atoms with Gasteiger partial charge in [-0.3, -0.25) is 9.59 Å². The van der Waals surface area contributed by atoms with Gasteiger partial charge in [-0.1, -0.05) is 35.9 Å². The van der Waals surface area contributed by atoms with E-state index >= 15 is 0 Å². The van der Waals surface area contributed by atoms with Gasteiger partial charge in [-0.25, -0.2) is 0 Å². The molecule has 1 atom stereocenters. The molecule has 1 aliphatic carbocycles. The molecule has 1 aromatic rings. The number of hydrogen-bond acceptors (Lipinski definition) is 2. The summed E-state index contributed by atoms with van der Waals surface area (Å²) in [6.07, 6.45) is 7.48. The first-order valence-corrected chi connectivity index (χ1v) is 8.96. The third-order valence-corrected chi connectivity index (χ3v) is 5.05. The predicted molar refractivity (Wildman–Crippen MR) is 94.8 cm³/mol. The van der Waals surface area contributed by atoms with E-state index in [0.29, 0.717) is 50.0 Å². The standard InChI is InChI=1S/C19H23ClN2O2/c20-17-7-5-16(6-8-17)14-19(24)22-11-9-21(10-12-22)18(23)13-15-3-1-2-4-15/h1,3,5-8,15H,2,4,9-14H2. The smallest absolute Gasteiger partial charge is 0.227 e. The second kappa shape index (κ2) is 7.84. The van der Waals surface area contributed by atoms with Gasteiger partial charge in [0.2, 0.25) is 11.8 Å². The average Bonchev–Trinajstić information content (AvgIpc) is 3.10. The highest BCUT2D eigenvalue weighted by atomic mass is 35.5. The van der Waals surface area contributed by atoms with Crippen molar-refractivity contribution < 1.29 is 9.59 Å². The Balaban J connectivity index is 1.45. The van der Waals surface area contributed by atoms with Crippen LogP contribution in [0.1, 0.15) is 24.8 Å². The maximum absolute atomic E-state index is 12.4. The van der Waals surface area contributed by atoms with Crippen molar-refractivity contribution in [1.82, 2.24) is 9.80 Å². The van der Waals surface area contributed by atoms with E-state index in [2.05, 4.69) is 12.2 Å². The number of rotatable bonds is 4. The minimum absolute atomic E-state index is 0.114. The fourth-order valence-electron chi connectivity index (χ4n) is 3.31. The van der Waals surface area contributed by atoms with Gasteiger partial charge in [0.15, 0.2) is 0 Å². The molecule has 5 heteroatoms. The van der Waals surface area contributed by atoms with Crippen molar-refractivity contribution in [3.05, 3.63) is 47.0 Å². The van der Waals surface area contributed by atoms with E-state index in [1.807, 2.05) is 21.9 Å². The third kappa shape index (κ3) is 4.38. The van der Waals surface area contributed by atoms with E-state index in [1.54, 1.807) is 12.1 Å². The van der Waals surface area contributed by atoms with Crippen LogP contribution in [0.4, 0.5) is 0 Å². The van der Waals surface area contributed by atoms with Crippen LogP contribution in [0.3, 0.4) is 0 Å². The molecule has 1 fully saturated rings. The number of amides is 2. The van der Waals surface area contributed by atoms with Gasteiger partial charge in [0, 0.05) is 37.6 Å². The van der Waals surface area contributed by atoms with Crippen molar-refractivity contribution in [3.8, 4) is 0 Å². The molecule has 1 aromatic carbocycles. The van der Waals surface area contributed by atoms with E-state index in [4.69, 9.17) is 11.6 Å². The van der Waals surface area contributed by atoms with Crippen molar-refractivity contribution in [2.45, 2.75) is 25.7 Å². The minimum Gasteiger partial charge on any atom is -0.339 e. The third-order valence-electron chi connectivity index (χ3n) is 4.80. The summed E-state index contributed by atoms with van der Waals surface area (Å²) in [5.74, 6) is 0.738. The van der Waals surface area contributed by atoms with E-state index in [9.17, 15) is 9.59 Å². The Morgan fingerprint density at radius 2 is 1.62 bits per heavy atom. The van der Waals surface area contributed by atoms with Gasteiger partial charge in [0.25, 0.3) is 0 Å². The molecule has 24 heavy (non-hydrogen) atoms. The number of carbonyl (C=O) groups is 2. The fraction of sp³-hybridized carbons (Fsp3) is 0.474. The summed E-state index contributed by atoms with van der Waals surface area (Å²) in [5.41, 5.74) is 0.968. The molecule has 1 saturated heterocycles. The first-order valence-electron chi connectivity index (χ1n) is 8.58. The van der Waals surface area contributed by atoms with Crippen molar-refractivity contribution in [1.29, 1.82) is 0 Å². The van der Waals surface area contributed by atoms with Crippen LogP contribution < -0.4 is 0 Å². The first-order chi connectivity index (χ1) is 11.6. The van der Waals surface area contributed by atoms with Gasteiger partial charge in [-0.05, 0) is 36.5 Å². The van der Waals surface area contributed by atoms with E-state index < -0.39 is 0 Å². The van der Waals surface area contributed by atoms with Gasteiger partial charge in [-0.2, -0.15) is 0 Å². The Kier molecular flexibility index (Phi) is 5.56. The number of allylic oxidation sites excluding steroid dienone is 2. The van der Waals surface area contributed by atoms with Crippen LogP contribution in [0, 0.1) is 5.92 Å². The van der Waals surface area contributed by atoms with Crippen LogP contribution in [0.5, 0.6) is 0 Å². The molecule has 0 spiro atoms. The molecule has 0 radical (unpaired) electrons. The van der Waals surface area contributed by atoms with Crippen LogP contribution in [0.2, 0.25) is 5.02 Å². The number of hydrogen-bond donors (Lipinski definition) is 0. The molecule has 0 aromatic heterocycles. The first kappa shape index (κ1) is 17.0. The lowest BCUT2D eigenvalue weighted by Gasteiger charge is -2.35. The van der Waals surface area contributed by atoms with Crippen LogP contribution in [-0.4, -0.2) is 47.8 Å². The highest BCUT2D eigenvalue weighted by Crippen LogP contribution is 2.21. The van der Waals surface area contributed by atoms with E-state index in [0.717, 1.165) is 18.4 Å². The summed E-state index contributed by atoms with van der Waals surface area (Å²) < 4.78 is 0. The molecule has 1 heterocycles. The number of piperazine rings is 1. The summed E-state index contributed by atoms with van der Waals surface area (Å²) in [6, 6.07) is 7.38. The maximum atomic E-state index is 12.4. The zero-order valence-corrected chi connectivity index (χ0v) is 14.5. The molecule has 4 nitrogen and oxygen atoms in total. The number of carbonyl (C=O) groups excluding carboxylic acids is 2. The Morgan fingerprint density at radius 1 is 1.00 bits per heavy atom. The van der Waals surface area contributed by atoms with Gasteiger partial charge in [0.05, 0.1) is 6.42 Å². The molecule has 0 saturated carbocycles. The highest BCUT2D eigenvalue weighted by molar-refractivity contribution is 6.30. The Hall–Kier alpha value is -1.81. The number of nitrogens with zero attached hydrogens (tertiary/aromatic N) is 2. The second-order valence-corrected chi connectivity index (χ2v) is 6.97. The van der Waals surface area contributed by atoms with E-state index in [1.165, 1.54) is 0 Å². The van der Waals surface area contributed by atoms with Crippen LogP contribution in [0.25, 0.3) is 0 Å². The predicted octanol–water partition coefficient (Wildman–Crippen LogP) is 2.91. The van der Waals surface area contributed by atoms with E-state index in [-0.39, 0.29) is 11.8 Å². The zero-order valence-electron chi connectivity index (χ0n) is 13.8. The number of benzene rings is 1. The molecule has 1 unspecified atom stereocenters. The summed E-state index contributed by atoms with van der Waals surface area (Å²) in [5, 5.41) is 0.676. The lowest BCUT2D eigenvalue weighted by molar-refractivity contribution is -0.139. The molecule has 0 N–H and O–H groups in total. The lowest BCUT2D eigenvalue weighted by atomic mass is 10.0. The molecule has 1 aliphatic heterocycles. The van der Waals surface area contributed by atoms with Crippen molar-refractivity contribution in [2.24, 2.45) is 5.92 Å². The summed E-state index contributed by atoms with van der Waals surface area (Å²) >= 11 is 5.87. The van der Waals surface area contributed by atoms with Crippen LogP contribution in [-0.2, 0) is 16.0 Å². The molecule has 128 valence electrons.